The highest BCUT2D eigenvalue weighted by Gasteiger charge is 2.27. The van der Waals surface area contributed by atoms with Gasteiger partial charge in [-0.05, 0) is 38.2 Å². The third-order valence-electron chi connectivity index (χ3n) is 4.54. The van der Waals surface area contributed by atoms with E-state index in [2.05, 4.69) is 17.5 Å². The monoisotopic (exact) mass is 302 g/mol. The molecule has 0 bridgehead atoms. The molecule has 0 saturated carbocycles. The quantitative estimate of drug-likeness (QED) is 0.872. The first kappa shape index (κ1) is 14.9. The van der Waals surface area contributed by atoms with Crippen LogP contribution in [-0.4, -0.2) is 35.8 Å². The Morgan fingerprint density at radius 3 is 2.64 bits per heavy atom. The minimum absolute atomic E-state index is 0.0101. The van der Waals surface area contributed by atoms with Crippen molar-refractivity contribution in [2.24, 2.45) is 5.92 Å². The van der Waals surface area contributed by atoms with Crippen molar-refractivity contribution in [1.82, 2.24) is 10.2 Å². The Bertz CT molecular complexity index is 542. The van der Waals surface area contributed by atoms with Crippen LogP contribution < -0.4 is 5.32 Å². The van der Waals surface area contributed by atoms with Crippen LogP contribution in [0.2, 0.25) is 0 Å². The molecule has 0 spiro atoms. The average molecular weight is 302 g/mol. The summed E-state index contributed by atoms with van der Waals surface area (Å²) in [6.45, 7) is 1.36. The zero-order valence-electron chi connectivity index (χ0n) is 12.7. The topological polar surface area (TPSA) is 62.6 Å². The van der Waals surface area contributed by atoms with Crippen LogP contribution in [0, 0.1) is 5.92 Å². The lowest BCUT2D eigenvalue weighted by Gasteiger charge is -2.33. The zero-order chi connectivity index (χ0) is 15.4. The first-order valence-electron chi connectivity index (χ1n) is 8.01. The average Bonchev–Trinajstić information content (AvgIpc) is 3.10. The molecule has 0 radical (unpaired) electrons. The Kier molecular flexibility index (Phi) is 4.61. The molecule has 1 aliphatic heterocycles. The lowest BCUT2D eigenvalue weighted by atomic mass is 9.93. The molecule has 2 aliphatic rings. The number of furan rings is 1. The first-order valence-corrected chi connectivity index (χ1v) is 8.01. The largest absolute Gasteiger partial charge is 0.472 e. The molecule has 1 aliphatic carbocycles. The van der Waals surface area contributed by atoms with Gasteiger partial charge >= 0.3 is 0 Å². The zero-order valence-corrected chi connectivity index (χ0v) is 12.7. The van der Waals surface area contributed by atoms with Gasteiger partial charge in [0.2, 0.25) is 5.91 Å². The molecule has 2 amide bonds. The number of amides is 2. The molecule has 118 valence electrons. The highest BCUT2D eigenvalue weighted by atomic mass is 16.3. The van der Waals surface area contributed by atoms with Crippen molar-refractivity contribution in [3.8, 4) is 0 Å². The van der Waals surface area contributed by atoms with Crippen molar-refractivity contribution >= 4 is 11.8 Å². The fourth-order valence-corrected chi connectivity index (χ4v) is 3.15. The van der Waals surface area contributed by atoms with E-state index >= 15 is 0 Å². The Hall–Kier alpha value is -2.04. The Morgan fingerprint density at radius 2 is 2.00 bits per heavy atom. The molecule has 1 atom stereocenters. The number of allylic oxidation sites excluding steroid dienone is 2. The summed E-state index contributed by atoms with van der Waals surface area (Å²) in [6.07, 6.45) is 11.7. The molecular weight excluding hydrogens is 280 g/mol. The van der Waals surface area contributed by atoms with Crippen LogP contribution in [0.25, 0.3) is 0 Å². The molecular formula is C17H22N2O3. The van der Waals surface area contributed by atoms with Crippen molar-refractivity contribution < 1.29 is 14.0 Å². The summed E-state index contributed by atoms with van der Waals surface area (Å²) in [4.78, 5) is 26.3. The molecule has 1 unspecified atom stereocenters. The summed E-state index contributed by atoms with van der Waals surface area (Å²) in [6, 6.07) is 1.87. The van der Waals surface area contributed by atoms with Crippen molar-refractivity contribution in [3.05, 3.63) is 36.3 Å². The number of rotatable bonds is 3. The van der Waals surface area contributed by atoms with Gasteiger partial charge in [-0.25, -0.2) is 0 Å². The van der Waals surface area contributed by atoms with E-state index in [9.17, 15) is 9.59 Å². The maximum atomic E-state index is 12.2. The van der Waals surface area contributed by atoms with Crippen LogP contribution in [0.15, 0.2) is 35.2 Å². The number of nitrogens with one attached hydrogen (secondary N) is 1. The van der Waals surface area contributed by atoms with E-state index in [0.29, 0.717) is 18.7 Å². The first-order chi connectivity index (χ1) is 10.7. The van der Waals surface area contributed by atoms with E-state index in [-0.39, 0.29) is 23.8 Å². The van der Waals surface area contributed by atoms with Crippen LogP contribution in [0.4, 0.5) is 0 Å². The third-order valence-corrected chi connectivity index (χ3v) is 4.54. The van der Waals surface area contributed by atoms with Crippen LogP contribution >= 0.6 is 0 Å². The van der Waals surface area contributed by atoms with Gasteiger partial charge in [-0.3, -0.25) is 9.59 Å². The second-order valence-corrected chi connectivity index (χ2v) is 6.07. The van der Waals surface area contributed by atoms with Gasteiger partial charge in [-0.2, -0.15) is 0 Å². The van der Waals surface area contributed by atoms with Gasteiger partial charge in [-0.1, -0.05) is 12.2 Å². The second-order valence-electron chi connectivity index (χ2n) is 6.07. The van der Waals surface area contributed by atoms with Crippen LogP contribution in [0.5, 0.6) is 0 Å². The predicted octanol–water partition coefficient (Wildman–Crippen LogP) is 2.36. The molecule has 5 nitrogen and oxygen atoms in total. The second kappa shape index (κ2) is 6.81. The van der Waals surface area contributed by atoms with Gasteiger partial charge in [0.1, 0.15) is 6.26 Å². The number of hydrogen-bond donors (Lipinski definition) is 1. The lowest BCUT2D eigenvalue weighted by Crippen LogP contribution is -2.47. The van der Waals surface area contributed by atoms with E-state index in [1.807, 2.05) is 4.90 Å². The summed E-state index contributed by atoms with van der Waals surface area (Å²) in [5.74, 6) is 0.301. The third kappa shape index (κ3) is 3.40. The van der Waals surface area contributed by atoms with Gasteiger partial charge in [0.25, 0.3) is 5.91 Å². The number of hydrogen-bond acceptors (Lipinski definition) is 3. The number of piperidine rings is 1. The Morgan fingerprint density at radius 1 is 1.18 bits per heavy atom. The summed E-state index contributed by atoms with van der Waals surface area (Å²) >= 11 is 0. The van der Waals surface area contributed by atoms with Gasteiger partial charge in [0, 0.05) is 25.0 Å². The smallest absolute Gasteiger partial charge is 0.257 e. The Balaban J connectivity index is 1.46. The molecule has 2 heterocycles. The molecule has 0 aromatic carbocycles. The van der Waals surface area contributed by atoms with Crippen molar-refractivity contribution in [1.29, 1.82) is 0 Å². The SMILES string of the molecule is O=C(NC1CCN(C(=O)c2ccoc2)CC1)C1CC=CCC1. The fraction of sp³-hybridized carbons (Fsp3) is 0.529. The summed E-state index contributed by atoms with van der Waals surface area (Å²) in [5.41, 5.74) is 0.594. The molecule has 22 heavy (non-hydrogen) atoms. The number of likely N-dealkylation sites (tertiary alicyclic amines) is 1. The van der Waals surface area contributed by atoms with Gasteiger partial charge in [0.05, 0.1) is 11.8 Å². The lowest BCUT2D eigenvalue weighted by molar-refractivity contribution is -0.126. The van der Waals surface area contributed by atoms with Crippen LogP contribution in [0.1, 0.15) is 42.5 Å². The van der Waals surface area contributed by atoms with Crippen molar-refractivity contribution in [2.45, 2.75) is 38.1 Å². The number of nitrogens with zero attached hydrogens (tertiary/aromatic N) is 1. The van der Waals surface area contributed by atoms with E-state index in [4.69, 9.17) is 4.42 Å². The number of carbonyl (C=O) groups is 2. The summed E-state index contributed by atoms with van der Waals surface area (Å²) in [7, 11) is 0. The maximum Gasteiger partial charge on any atom is 0.257 e. The molecule has 1 aromatic heterocycles. The van der Waals surface area contributed by atoms with E-state index < -0.39 is 0 Å². The molecule has 1 fully saturated rings. The van der Waals surface area contributed by atoms with Gasteiger partial charge in [0.15, 0.2) is 0 Å². The minimum Gasteiger partial charge on any atom is -0.472 e. The van der Waals surface area contributed by atoms with Crippen molar-refractivity contribution in [2.75, 3.05) is 13.1 Å². The van der Waals surface area contributed by atoms with Gasteiger partial charge < -0.3 is 14.6 Å². The molecule has 1 saturated heterocycles. The van der Waals surface area contributed by atoms with E-state index in [0.717, 1.165) is 32.1 Å². The summed E-state index contributed by atoms with van der Waals surface area (Å²) < 4.78 is 4.96. The van der Waals surface area contributed by atoms with E-state index in [1.165, 1.54) is 12.5 Å². The molecule has 5 heteroatoms. The number of carbonyl (C=O) groups excluding carboxylic acids is 2. The van der Waals surface area contributed by atoms with Crippen molar-refractivity contribution in [3.63, 3.8) is 0 Å². The molecule has 1 aromatic rings. The van der Waals surface area contributed by atoms with E-state index in [1.54, 1.807) is 6.07 Å². The van der Waals surface area contributed by atoms with Gasteiger partial charge in [-0.15, -0.1) is 0 Å². The highest BCUT2D eigenvalue weighted by Crippen LogP contribution is 2.20. The molecule has 1 N–H and O–H groups in total. The van der Waals surface area contributed by atoms with Crippen LogP contribution in [-0.2, 0) is 4.79 Å². The minimum atomic E-state index is 0.0101. The maximum absolute atomic E-state index is 12.2. The highest BCUT2D eigenvalue weighted by molar-refractivity contribution is 5.93. The standard InChI is InChI=1S/C17H22N2O3/c20-16(13-4-2-1-3-5-13)18-15-6-9-19(10-7-15)17(21)14-8-11-22-12-14/h1-2,8,11-13,15H,3-7,9-10H2,(H,18,20). The Labute approximate surface area is 130 Å². The van der Waals surface area contributed by atoms with Crippen LogP contribution in [0.3, 0.4) is 0 Å². The summed E-state index contributed by atoms with van der Waals surface area (Å²) in [5, 5.41) is 3.15. The predicted molar refractivity (Wildman–Crippen MR) is 82.3 cm³/mol. The fourth-order valence-electron chi connectivity index (χ4n) is 3.15. The normalized spacial score (nSPS) is 22.5. The molecule has 3 rings (SSSR count).